The number of aryl methyl sites for hydroxylation is 1. The lowest BCUT2D eigenvalue weighted by Gasteiger charge is -2.19. The molecule has 0 aliphatic rings. The monoisotopic (exact) mass is 407 g/mol. The summed E-state index contributed by atoms with van der Waals surface area (Å²) in [7, 11) is 6.66. The molecule has 0 bridgehead atoms. The summed E-state index contributed by atoms with van der Waals surface area (Å²) in [5, 5.41) is 3.03. The molecule has 1 heterocycles. The van der Waals surface area contributed by atoms with E-state index in [1.54, 1.807) is 39.7 Å². The van der Waals surface area contributed by atoms with E-state index in [-0.39, 0.29) is 5.91 Å². The summed E-state index contributed by atoms with van der Waals surface area (Å²) < 4.78 is 17.8. The number of methoxy groups -OCH3 is 3. The van der Waals surface area contributed by atoms with E-state index in [1.807, 2.05) is 54.2 Å². The van der Waals surface area contributed by atoms with Crippen molar-refractivity contribution in [2.45, 2.75) is 6.04 Å². The van der Waals surface area contributed by atoms with Gasteiger partial charge in [-0.15, -0.1) is 0 Å². The van der Waals surface area contributed by atoms with Crippen LogP contribution in [0.5, 0.6) is 17.2 Å². The molecule has 30 heavy (non-hydrogen) atoms. The van der Waals surface area contributed by atoms with Gasteiger partial charge >= 0.3 is 0 Å². The van der Waals surface area contributed by atoms with Crippen molar-refractivity contribution in [3.8, 4) is 17.2 Å². The van der Waals surface area contributed by atoms with Crippen LogP contribution in [0, 0.1) is 0 Å². The van der Waals surface area contributed by atoms with Gasteiger partial charge in [0, 0.05) is 37.1 Å². The molecule has 0 saturated carbocycles. The summed E-state index contributed by atoms with van der Waals surface area (Å²) in [5.74, 6) is 2.46. The number of imidazole rings is 1. The molecule has 1 atom stereocenters. The predicted octanol–water partition coefficient (Wildman–Crippen LogP) is 3.36. The number of carbonyl (C=O) groups excluding carboxylic acids is 1. The Morgan fingerprint density at radius 3 is 2.50 bits per heavy atom. The highest BCUT2D eigenvalue weighted by atomic mass is 16.5. The highest BCUT2D eigenvalue weighted by Crippen LogP contribution is 2.26. The molecule has 7 nitrogen and oxygen atoms in total. The molecule has 1 unspecified atom stereocenters. The maximum absolute atomic E-state index is 12.8. The Morgan fingerprint density at radius 2 is 1.83 bits per heavy atom. The van der Waals surface area contributed by atoms with Crippen LogP contribution in [0.25, 0.3) is 6.08 Å². The van der Waals surface area contributed by atoms with Crippen LogP contribution in [-0.4, -0.2) is 36.8 Å². The standard InChI is InChI=1S/C23H25N3O4/c1-26-13-12-24-23(26)22(17-6-5-7-18(14-17)28-2)25-21(27)11-9-16-8-10-19(29-3)15-20(16)30-4/h5-15,22H,1-4H3,(H,25,27)/b11-9+. The van der Waals surface area contributed by atoms with E-state index in [0.717, 1.165) is 11.1 Å². The Kier molecular flexibility index (Phi) is 6.75. The number of hydrogen-bond acceptors (Lipinski definition) is 5. The van der Waals surface area contributed by atoms with E-state index in [9.17, 15) is 4.79 Å². The molecule has 1 amide bonds. The fraction of sp³-hybridized carbons (Fsp3) is 0.217. The number of benzene rings is 2. The topological polar surface area (TPSA) is 74.6 Å². The Balaban J connectivity index is 1.85. The molecule has 3 rings (SSSR count). The van der Waals surface area contributed by atoms with Crippen LogP contribution in [0.15, 0.2) is 60.9 Å². The van der Waals surface area contributed by atoms with Gasteiger partial charge in [-0.25, -0.2) is 4.98 Å². The molecule has 0 fully saturated rings. The van der Waals surface area contributed by atoms with Crippen molar-refractivity contribution in [1.82, 2.24) is 14.9 Å². The quantitative estimate of drug-likeness (QED) is 0.580. The first-order chi connectivity index (χ1) is 14.5. The molecule has 7 heteroatoms. The number of carbonyl (C=O) groups is 1. The minimum Gasteiger partial charge on any atom is -0.497 e. The maximum Gasteiger partial charge on any atom is 0.244 e. The van der Waals surface area contributed by atoms with Gasteiger partial charge in [-0.1, -0.05) is 12.1 Å². The average Bonchev–Trinajstić information content (AvgIpc) is 3.21. The first-order valence-electron chi connectivity index (χ1n) is 9.37. The molecule has 156 valence electrons. The summed E-state index contributed by atoms with van der Waals surface area (Å²) in [6.45, 7) is 0. The van der Waals surface area contributed by atoms with Gasteiger partial charge in [0.15, 0.2) is 0 Å². The SMILES string of the molecule is COc1cccc(C(NC(=O)/C=C/c2ccc(OC)cc2OC)c2nccn2C)c1. The van der Waals surface area contributed by atoms with Gasteiger partial charge in [0.05, 0.1) is 21.3 Å². The van der Waals surface area contributed by atoms with Gasteiger partial charge in [-0.3, -0.25) is 4.79 Å². The number of nitrogens with one attached hydrogen (secondary N) is 1. The largest absolute Gasteiger partial charge is 0.497 e. The second-order valence-electron chi connectivity index (χ2n) is 6.56. The number of ether oxygens (including phenoxy) is 3. The molecule has 0 radical (unpaired) electrons. The summed E-state index contributed by atoms with van der Waals surface area (Å²) >= 11 is 0. The highest BCUT2D eigenvalue weighted by molar-refractivity contribution is 5.92. The minimum absolute atomic E-state index is 0.260. The lowest BCUT2D eigenvalue weighted by atomic mass is 10.1. The third-order valence-corrected chi connectivity index (χ3v) is 4.69. The van der Waals surface area contributed by atoms with Gasteiger partial charge in [-0.05, 0) is 35.9 Å². The van der Waals surface area contributed by atoms with Crippen LogP contribution in [0.1, 0.15) is 23.0 Å². The van der Waals surface area contributed by atoms with Crippen molar-refractivity contribution in [3.05, 3.63) is 77.9 Å². The van der Waals surface area contributed by atoms with Gasteiger partial charge < -0.3 is 24.1 Å². The lowest BCUT2D eigenvalue weighted by molar-refractivity contribution is -0.117. The fourth-order valence-corrected chi connectivity index (χ4v) is 3.09. The normalized spacial score (nSPS) is 11.9. The molecule has 1 N–H and O–H groups in total. The van der Waals surface area contributed by atoms with Gasteiger partial charge in [0.25, 0.3) is 0 Å². The van der Waals surface area contributed by atoms with Gasteiger partial charge in [-0.2, -0.15) is 0 Å². The molecule has 0 aliphatic carbocycles. The van der Waals surface area contributed by atoms with Crippen LogP contribution in [0.2, 0.25) is 0 Å². The van der Waals surface area contributed by atoms with Crippen LogP contribution < -0.4 is 19.5 Å². The molecule has 0 aliphatic heterocycles. The van der Waals surface area contributed by atoms with Crippen molar-refractivity contribution < 1.29 is 19.0 Å². The van der Waals surface area contributed by atoms with E-state index in [1.165, 1.54) is 6.08 Å². The summed E-state index contributed by atoms with van der Waals surface area (Å²) in [6.07, 6.45) is 6.72. The second kappa shape index (κ2) is 9.65. The van der Waals surface area contributed by atoms with Gasteiger partial charge in [0.2, 0.25) is 5.91 Å². The predicted molar refractivity (Wildman–Crippen MR) is 115 cm³/mol. The molecular formula is C23H25N3O4. The van der Waals surface area contributed by atoms with Crippen LogP contribution in [0.3, 0.4) is 0 Å². The third kappa shape index (κ3) is 4.81. The number of aromatic nitrogens is 2. The fourth-order valence-electron chi connectivity index (χ4n) is 3.09. The van der Waals surface area contributed by atoms with Crippen molar-refractivity contribution >= 4 is 12.0 Å². The molecule has 3 aromatic rings. The Bertz CT molecular complexity index is 1040. The van der Waals surface area contributed by atoms with E-state index >= 15 is 0 Å². The first-order valence-corrected chi connectivity index (χ1v) is 9.37. The number of amides is 1. The van der Waals surface area contributed by atoms with Gasteiger partial charge in [0.1, 0.15) is 29.1 Å². The van der Waals surface area contributed by atoms with Crippen molar-refractivity contribution in [3.63, 3.8) is 0 Å². The number of nitrogens with zero attached hydrogens (tertiary/aromatic N) is 2. The lowest BCUT2D eigenvalue weighted by Crippen LogP contribution is -2.29. The Labute approximate surface area is 175 Å². The molecule has 1 aromatic heterocycles. The minimum atomic E-state index is -0.435. The van der Waals surface area contributed by atoms with E-state index in [4.69, 9.17) is 14.2 Å². The second-order valence-corrected chi connectivity index (χ2v) is 6.56. The Hall–Kier alpha value is -3.74. The van der Waals surface area contributed by atoms with Crippen molar-refractivity contribution in [2.24, 2.45) is 7.05 Å². The summed E-state index contributed by atoms with van der Waals surface area (Å²) in [6, 6.07) is 12.5. The third-order valence-electron chi connectivity index (χ3n) is 4.69. The molecule has 0 saturated heterocycles. The summed E-state index contributed by atoms with van der Waals surface area (Å²) in [4.78, 5) is 17.2. The molecule has 2 aromatic carbocycles. The van der Waals surface area contributed by atoms with Crippen molar-refractivity contribution in [2.75, 3.05) is 21.3 Å². The number of rotatable bonds is 8. The summed E-state index contributed by atoms with van der Waals surface area (Å²) in [5.41, 5.74) is 1.64. The first kappa shape index (κ1) is 21.0. The highest BCUT2D eigenvalue weighted by Gasteiger charge is 2.20. The number of hydrogen-bond donors (Lipinski definition) is 1. The Morgan fingerprint density at radius 1 is 1.07 bits per heavy atom. The zero-order valence-corrected chi connectivity index (χ0v) is 17.5. The van der Waals surface area contributed by atoms with Crippen LogP contribution in [-0.2, 0) is 11.8 Å². The van der Waals surface area contributed by atoms with E-state index in [0.29, 0.717) is 23.1 Å². The zero-order valence-electron chi connectivity index (χ0n) is 17.5. The molecular weight excluding hydrogens is 382 g/mol. The maximum atomic E-state index is 12.8. The van der Waals surface area contributed by atoms with Crippen LogP contribution in [0.4, 0.5) is 0 Å². The zero-order chi connectivity index (χ0) is 21.5. The average molecular weight is 407 g/mol. The molecule has 0 spiro atoms. The van der Waals surface area contributed by atoms with E-state index in [2.05, 4.69) is 10.3 Å². The van der Waals surface area contributed by atoms with E-state index < -0.39 is 6.04 Å². The van der Waals surface area contributed by atoms with Crippen molar-refractivity contribution in [1.29, 1.82) is 0 Å². The smallest absolute Gasteiger partial charge is 0.244 e. The van der Waals surface area contributed by atoms with Crippen LogP contribution >= 0.6 is 0 Å².